The van der Waals surface area contributed by atoms with Crippen molar-refractivity contribution in [1.82, 2.24) is 0 Å². The van der Waals surface area contributed by atoms with Crippen molar-refractivity contribution in [2.45, 2.75) is 31.2 Å². The van der Waals surface area contributed by atoms with Crippen molar-refractivity contribution in [3.63, 3.8) is 0 Å². The molecule has 4 nitrogen and oxygen atoms in total. The summed E-state index contributed by atoms with van der Waals surface area (Å²) in [7, 11) is 0. The van der Waals surface area contributed by atoms with Crippen molar-refractivity contribution in [3.8, 4) is 5.75 Å². The summed E-state index contributed by atoms with van der Waals surface area (Å²) in [6.45, 7) is 4.23. The lowest BCUT2D eigenvalue weighted by molar-refractivity contribution is -0.385. The third-order valence-corrected chi connectivity index (χ3v) is 5.82. The van der Waals surface area contributed by atoms with Gasteiger partial charge in [0.15, 0.2) is 0 Å². The van der Waals surface area contributed by atoms with Crippen molar-refractivity contribution in [2.75, 3.05) is 0 Å². The summed E-state index contributed by atoms with van der Waals surface area (Å²) in [6, 6.07) is 4.83. The molecule has 0 aliphatic heterocycles. The fourth-order valence-corrected chi connectivity index (χ4v) is 3.06. The Balaban J connectivity index is 2.21. The molecule has 0 spiro atoms. The van der Waals surface area contributed by atoms with Gasteiger partial charge in [0.1, 0.15) is 16.3 Å². The van der Waals surface area contributed by atoms with Crippen LogP contribution in [0.15, 0.2) is 22.7 Å². The Morgan fingerprint density at radius 1 is 1.50 bits per heavy atom. The fourth-order valence-electron chi connectivity index (χ4n) is 1.92. The van der Waals surface area contributed by atoms with E-state index in [2.05, 4.69) is 45.7 Å². The molecule has 0 heterocycles. The van der Waals surface area contributed by atoms with Crippen LogP contribution in [0.1, 0.15) is 20.3 Å². The van der Waals surface area contributed by atoms with E-state index in [0.29, 0.717) is 15.0 Å². The van der Waals surface area contributed by atoms with E-state index in [1.807, 2.05) is 0 Å². The van der Waals surface area contributed by atoms with E-state index in [0.717, 1.165) is 6.42 Å². The number of rotatable bonds is 3. The zero-order chi connectivity index (χ0) is 13.5. The smallest absolute Gasteiger partial charge is 0.287 e. The van der Waals surface area contributed by atoms with Gasteiger partial charge < -0.3 is 4.74 Å². The van der Waals surface area contributed by atoms with Gasteiger partial charge in [-0.05, 0) is 28.4 Å². The number of halogens is 2. The first kappa shape index (κ1) is 13.8. The van der Waals surface area contributed by atoms with Crippen LogP contribution in [0.25, 0.3) is 0 Å². The number of ether oxygens (including phenoxy) is 1. The van der Waals surface area contributed by atoms with E-state index in [1.165, 1.54) is 6.07 Å². The van der Waals surface area contributed by atoms with Gasteiger partial charge in [0.2, 0.25) is 0 Å². The van der Waals surface area contributed by atoms with Gasteiger partial charge in [-0.15, -0.1) is 0 Å². The molecule has 1 aliphatic carbocycles. The second kappa shape index (κ2) is 4.81. The normalized spacial score (nSPS) is 25.3. The fraction of sp³-hybridized carbons (Fsp3) is 0.500. The van der Waals surface area contributed by atoms with Gasteiger partial charge in [0.25, 0.3) is 5.69 Å². The van der Waals surface area contributed by atoms with Crippen LogP contribution in [0.5, 0.6) is 5.75 Å². The van der Waals surface area contributed by atoms with Crippen LogP contribution in [0, 0.1) is 15.5 Å². The lowest BCUT2D eigenvalue weighted by Gasteiger charge is -2.48. The highest BCUT2D eigenvalue weighted by molar-refractivity contribution is 9.10. The molecule has 0 N–H and O–H groups in total. The lowest BCUT2D eigenvalue weighted by Crippen LogP contribution is -2.53. The van der Waals surface area contributed by atoms with Crippen molar-refractivity contribution in [1.29, 1.82) is 0 Å². The van der Waals surface area contributed by atoms with Crippen LogP contribution in [-0.2, 0) is 0 Å². The van der Waals surface area contributed by atoms with Gasteiger partial charge in [-0.1, -0.05) is 35.8 Å². The number of benzene rings is 1. The average Bonchev–Trinajstić information content (AvgIpc) is 2.30. The van der Waals surface area contributed by atoms with Crippen molar-refractivity contribution >= 4 is 37.5 Å². The summed E-state index contributed by atoms with van der Waals surface area (Å²) in [5.41, 5.74) is 0.0596. The Morgan fingerprint density at radius 3 is 2.67 bits per heavy atom. The maximum absolute atomic E-state index is 10.8. The predicted molar refractivity (Wildman–Crippen MR) is 76.3 cm³/mol. The Labute approximate surface area is 122 Å². The Hall–Kier alpha value is -0.620. The van der Waals surface area contributed by atoms with E-state index < -0.39 is 4.92 Å². The summed E-state index contributed by atoms with van der Waals surface area (Å²) in [5, 5.41) is 10.8. The summed E-state index contributed by atoms with van der Waals surface area (Å²) < 4.78 is 6.28. The molecule has 1 saturated carbocycles. The molecule has 0 bridgehead atoms. The van der Waals surface area contributed by atoms with Gasteiger partial charge in [0, 0.05) is 16.3 Å². The summed E-state index contributed by atoms with van der Waals surface area (Å²) >= 11 is 6.83. The highest BCUT2D eigenvalue weighted by atomic mass is 79.9. The summed E-state index contributed by atoms with van der Waals surface area (Å²) in [5.74, 6) is 0.529. The predicted octanol–water partition coefficient (Wildman–Crippen LogP) is 4.30. The third-order valence-electron chi connectivity index (χ3n) is 3.47. The number of nitro benzene ring substituents is 1. The standard InChI is InChI=1S/C12H13Br2NO3/c1-12(2)9(13)6-10(12)18-8-5-3-4-7(11(8)14)15(16)17/h3-5,9-10H,6H2,1-2H3. The van der Waals surface area contributed by atoms with Crippen LogP contribution in [0.3, 0.4) is 0 Å². The largest absolute Gasteiger partial charge is 0.488 e. The Morgan fingerprint density at radius 2 is 2.17 bits per heavy atom. The van der Waals surface area contributed by atoms with Crippen LogP contribution in [0.2, 0.25) is 0 Å². The molecule has 1 fully saturated rings. The molecule has 0 amide bonds. The van der Waals surface area contributed by atoms with Crippen molar-refractivity contribution in [3.05, 3.63) is 32.8 Å². The Bertz CT molecular complexity index is 490. The minimum atomic E-state index is -0.420. The number of hydrogen-bond acceptors (Lipinski definition) is 3. The molecule has 0 aromatic heterocycles. The van der Waals surface area contributed by atoms with Gasteiger partial charge in [-0.25, -0.2) is 0 Å². The number of nitrogens with zero attached hydrogens (tertiary/aromatic N) is 1. The van der Waals surface area contributed by atoms with E-state index in [1.54, 1.807) is 12.1 Å². The summed E-state index contributed by atoms with van der Waals surface area (Å²) in [4.78, 5) is 10.8. The second-order valence-corrected chi connectivity index (χ2v) is 6.88. The zero-order valence-electron chi connectivity index (χ0n) is 10.0. The van der Waals surface area contributed by atoms with Crippen LogP contribution >= 0.6 is 31.9 Å². The van der Waals surface area contributed by atoms with Gasteiger partial charge >= 0.3 is 0 Å². The van der Waals surface area contributed by atoms with Crippen molar-refractivity contribution < 1.29 is 9.66 Å². The van der Waals surface area contributed by atoms with Crippen LogP contribution in [0.4, 0.5) is 5.69 Å². The van der Waals surface area contributed by atoms with E-state index in [4.69, 9.17) is 4.74 Å². The monoisotopic (exact) mass is 377 g/mol. The van der Waals surface area contributed by atoms with Crippen LogP contribution < -0.4 is 4.74 Å². The van der Waals surface area contributed by atoms with E-state index in [-0.39, 0.29) is 17.2 Å². The van der Waals surface area contributed by atoms with Gasteiger partial charge in [-0.3, -0.25) is 10.1 Å². The molecule has 98 valence electrons. The topological polar surface area (TPSA) is 52.4 Å². The number of alkyl halides is 1. The second-order valence-electron chi connectivity index (χ2n) is 4.98. The first-order valence-corrected chi connectivity index (χ1v) is 7.28. The molecule has 0 saturated heterocycles. The SMILES string of the molecule is CC1(C)C(Br)CC1Oc1cccc([N+](=O)[O-])c1Br. The molecule has 1 aromatic rings. The average molecular weight is 379 g/mol. The lowest BCUT2D eigenvalue weighted by atomic mass is 9.69. The quantitative estimate of drug-likeness (QED) is 0.447. The Kier molecular flexibility index (Phi) is 3.69. The van der Waals surface area contributed by atoms with Gasteiger partial charge in [-0.2, -0.15) is 0 Å². The molecule has 2 unspecified atom stereocenters. The molecular formula is C12H13Br2NO3. The minimum Gasteiger partial charge on any atom is -0.488 e. The van der Waals surface area contributed by atoms with E-state index >= 15 is 0 Å². The van der Waals surface area contributed by atoms with Crippen LogP contribution in [-0.4, -0.2) is 15.9 Å². The molecule has 2 atom stereocenters. The number of nitro groups is 1. The molecule has 0 radical (unpaired) electrons. The molecule has 18 heavy (non-hydrogen) atoms. The maximum Gasteiger partial charge on any atom is 0.287 e. The van der Waals surface area contributed by atoms with Crippen molar-refractivity contribution in [2.24, 2.45) is 5.41 Å². The first-order chi connectivity index (χ1) is 8.34. The molecule has 6 heteroatoms. The first-order valence-electron chi connectivity index (χ1n) is 5.57. The molecular weight excluding hydrogens is 366 g/mol. The summed E-state index contributed by atoms with van der Waals surface area (Å²) in [6.07, 6.45) is 0.975. The maximum atomic E-state index is 10.8. The third kappa shape index (κ3) is 2.28. The molecule has 1 aliphatic rings. The van der Waals surface area contributed by atoms with E-state index in [9.17, 15) is 10.1 Å². The minimum absolute atomic E-state index is 0.0278. The zero-order valence-corrected chi connectivity index (χ0v) is 13.2. The highest BCUT2D eigenvalue weighted by Gasteiger charge is 2.48. The number of hydrogen-bond donors (Lipinski definition) is 0. The van der Waals surface area contributed by atoms with Gasteiger partial charge in [0.05, 0.1) is 4.92 Å². The molecule has 2 rings (SSSR count). The highest BCUT2D eigenvalue weighted by Crippen LogP contribution is 2.48. The molecule has 1 aromatic carbocycles.